The fourth-order valence-corrected chi connectivity index (χ4v) is 2.38. The Balaban J connectivity index is 2.42. The van der Waals surface area contributed by atoms with Crippen LogP contribution in [0, 0.1) is 11.3 Å². The molecule has 0 atom stereocenters. The van der Waals surface area contributed by atoms with Crippen LogP contribution in [0.25, 0.3) is 0 Å². The van der Waals surface area contributed by atoms with Crippen LogP contribution >= 0.6 is 50.7 Å². The molecule has 2 nitrogen and oxygen atoms in total. The van der Waals surface area contributed by atoms with Crippen molar-refractivity contribution >= 4 is 50.7 Å². The van der Waals surface area contributed by atoms with Crippen LogP contribution in [0.3, 0.4) is 0 Å². The number of benzene rings is 2. The summed E-state index contributed by atoms with van der Waals surface area (Å²) in [5, 5.41) is 10.3. The summed E-state index contributed by atoms with van der Waals surface area (Å²) >= 11 is 21.1. The van der Waals surface area contributed by atoms with Crippen molar-refractivity contribution in [3.05, 3.63) is 55.4 Å². The zero-order valence-electron chi connectivity index (χ0n) is 9.25. The molecule has 19 heavy (non-hydrogen) atoms. The van der Waals surface area contributed by atoms with E-state index in [1.54, 1.807) is 24.3 Å². The van der Waals surface area contributed by atoms with Gasteiger partial charge in [0.1, 0.15) is 17.6 Å². The first-order valence-electron chi connectivity index (χ1n) is 5.03. The van der Waals surface area contributed by atoms with E-state index in [9.17, 15) is 0 Å². The monoisotopic (exact) mass is 375 g/mol. The van der Waals surface area contributed by atoms with E-state index in [0.29, 0.717) is 36.6 Å². The third kappa shape index (κ3) is 3.34. The highest BCUT2D eigenvalue weighted by molar-refractivity contribution is 9.10. The first kappa shape index (κ1) is 14.5. The highest BCUT2D eigenvalue weighted by Gasteiger charge is 2.11. The van der Waals surface area contributed by atoms with E-state index in [4.69, 9.17) is 44.8 Å². The molecule has 0 radical (unpaired) electrons. The van der Waals surface area contributed by atoms with E-state index in [1.807, 2.05) is 6.07 Å². The molecule has 0 aliphatic rings. The fourth-order valence-electron chi connectivity index (χ4n) is 1.38. The molecule has 0 saturated heterocycles. The van der Waals surface area contributed by atoms with Crippen LogP contribution in [0.1, 0.15) is 5.56 Å². The molecule has 0 aromatic heterocycles. The van der Waals surface area contributed by atoms with Crippen LogP contribution in [0.15, 0.2) is 34.8 Å². The number of nitriles is 1. The molecular weight excluding hydrogens is 372 g/mol. The van der Waals surface area contributed by atoms with Crippen LogP contribution in [-0.4, -0.2) is 0 Å². The standard InChI is InChI=1S/C13H5BrCl3NO/c14-9-4-11(17)13(5-10(9)16)19-12-2-1-8(15)3-7(12)6-18/h1-5H. The third-order valence-electron chi connectivity index (χ3n) is 2.26. The minimum atomic E-state index is 0.322. The molecular formula is C13H5BrCl3NO. The van der Waals surface area contributed by atoms with Crippen molar-refractivity contribution in [3.8, 4) is 17.6 Å². The molecule has 0 amide bonds. The topological polar surface area (TPSA) is 33.0 Å². The molecule has 0 fully saturated rings. The Bertz CT molecular complexity index is 682. The molecule has 0 aliphatic heterocycles. The Morgan fingerprint density at radius 3 is 2.42 bits per heavy atom. The molecule has 2 aromatic rings. The van der Waals surface area contributed by atoms with Crippen molar-refractivity contribution in [2.75, 3.05) is 0 Å². The molecule has 0 unspecified atom stereocenters. The highest BCUT2D eigenvalue weighted by atomic mass is 79.9. The van der Waals surface area contributed by atoms with Gasteiger partial charge in [0, 0.05) is 15.6 Å². The smallest absolute Gasteiger partial charge is 0.147 e. The minimum absolute atomic E-state index is 0.322. The van der Waals surface area contributed by atoms with Gasteiger partial charge in [0.15, 0.2) is 0 Å². The average Bonchev–Trinajstić information content (AvgIpc) is 2.37. The maximum atomic E-state index is 9.03. The van der Waals surface area contributed by atoms with Crippen LogP contribution in [0.4, 0.5) is 0 Å². The summed E-state index contributed by atoms with van der Waals surface area (Å²) in [5.41, 5.74) is 0.322. The van der Waals surface area contributed by atoms with Gasteiger partial charge >= 0.3 is 0 Å². The lowest BCUT2D eigenvalue weighted by molar-refractivity contribution is 0.481. The van der Waals surface area contributed by atoms with Crippen molar-refractivity contribution in [2.45, 2.75) is 0 Å². The van der Waals surface area contributed by atoms with Crippen LogP contribution in [-0.2, 0) is 0 Å². The Morgan fingerprint density at radius 1 is 1.00 bits per heavy atom. The lowest BCUT2D eigenvalue weighted by atomic mass is 10.2. The summed E-state index contributed by atoms with van der Waals surface area (Å²) < 4.78 is 6.27. The number of hydrogen-bond acceptors (Lipinski definition) is 2. The van der Waals surface area contributed by atoms with Crippen molar-refractivity contribution in [2.24, 2.45) is 0 Å². The SMILES string of the molecule is N#Cc1cc(Cl)ccc1Oc1cc(Cl)c(Br)cc1Cl. The summed E-state index contributed by atoms with van der Waals surface area (Å²) in [7, 11) is 0. The number of rotatable bonds is 2. The van der Waals surface area contributed by atoms with Gasteiger partial charge in [0.25, 0.3) is 0 Å². The second-order valence-electron chi connectivity index (χ2n) is 3.55. The molecule has 0 heterocycles. The van der Waals surface area contributed by atoms with Gasteiger partial charge < -0.3 is 4.74 Å². The molecule has 0 bridgehead atoms. The number of ether oxygens (including phenoxy) is 1. The summed E-state index contributed by atoms with van der Waals surface area (Å²) in [5.74, 6) is 0.737. The second-order valence-corrected chi connectivity index (χ2v) is 5.66. The van der Waals surface area contributed by atoms with Crippen LogP contribution < -0.4 is 4.74 Å². The van der Waals surface area contributed by atoms with Crippen molar-refractivity contribution in [1.82, 2.24) is 0 Å². The summed E-state index contributed by atoms with van der Waals surface area (Å²) in [6, 6.07) is 9.96. The molecule has 0 aliphatic carbocycles. The van der Waals surface area contributed by atoms with Gasteiger partial charge in [-0.3, -0.25) is 0 Å². The van der Waals surface area contributed by atoms with Gasteiger partial charge in [-0.15, -0.1) is 0 Å². The molecule has 0 spiro atoms. The van der Waals surface area contributed by atoms with Crippen molar-refractivity contribution in [1.29, 1.82) is 5.26 Å². The van der Waals surface area contributed by atoms with Crippen LogP contribution in [0.2, 0.25) is 15.1 Å². The number of hydrogen-bond donors (Lipinski definition) is 0. The lowest BCUT2D eigenvalue weighted by Gasteiger charge is -2.10. The zero-order chi connectivity index (χ0) is 14.0. The summed E-state index contributed by atoms with van der Waals surface area (Å²) in [4.78, 5) is 0. The predicted octanol–water partition coefficient (Wildman–Crippen LogP) is 6.07. The van der Waals surface area contributed by atoms with Gasteiger partial charge in [0.05, 0.1) is 15.6 Å². The van der Waals surface area contributed by atoms with Gasteiger partial charge in [-0.25, -0.2) is 0 Å². The molecule has 0 saturated carbocycles. The highest BCUT2D eigenvalue weighted by Crippen LogP contribution is 2.37. The van der Waals surface area contributed by atoms with E-state index >= 15 is 0 Å². The second kappa shape index (κ2) is 6.02. The van der Waals surface area contributed by atoms with E-state index in [1.165, 1.54) is 6.07 Å². The average molecular weight is 377 g/mol. The minimum Gasteiger partial charge on any atom is -0.454 e. The Labute approximate surface area is 133 Å². The molecule has 6 heteroatoms. The number of halogens is 4. The quantitative estimate of drug-likeness (QED) is 0.595. The molecule has 2 rings (SSSR count). The first-order valence-corrected chi connectivity index (χ1v) is 6.96. The van der Waals surface area contributed by atoms with Gasteiger partial charge in [-0.05, 0) is 40.2 Å². The maximum absolute atomic E-state index is 9.03. The Morgan fingerprint density at radius 2 is 1.74 bits per heavy atom. The largest absolute Gasteiger partial charge is 0.454 e. The van der Waals surface area contributed by atoms with E-state index in [0.717, 1.165) is 0 Å². The van der Waals surface area contributed by atoms with Gasteiger partial charge in [-0.1, -0.05) is 34.8 Å². The Kier molecular flexibility index (Phi) is 4.59. The summed E-state index contributed by atoms with van der Waals surface area (Å²) in [6.45, 7) is 0. The van der Waals surface area contributed by atoms with E-state index in [2.05, 4.69) is 15.9 Å². The van der Waals surface area contributed by atoms with Gasteiger partial charge in [0.2, 0.25) is 0 Å². The predicted molar refractivity (Wildman–Crippen MR) is 80.4 cm³/mol. The Hall–Kier alpha value is -0.920. The zero-order valence-corrected chi connectivity index (χ0v) is 13.1. The van der Waals surface area contributed by atoms with Gasteiger partial charge in [-0.2, -0.15) is 5.26 Å². The maximum Gasteiger partial charge on any atom is 0.147 e. The molecule has 0 N–H and O–H groups in total. The van der Waals surface area contributed by atoms with Crippen LogP contribution in [0.5, 0.6) is 11.5 Å². The molecule has 96 valence electrons. The number of nitrogens with zero attached hydrogens (tertiary/aromatic N) is 1. The molecule has 2 aromatic carbocycles. The first-order chi connectivity index (χ1) is 9.01. The third-order valence-corrected chi connectivity index (χ3v) is 3.98. The van der Waals surface area contributed by atoms with E-state index in [-0.39, 0.29) is 0 Å². The fraction of sp³-hybridized carbons (Fsp3) is 0. The van der Waals surface area contributed by atoms with Crippen molar-refractivity contribution in [3.63, 3.8) is 0 Å². The van der Waals surface area contributed by atoms with E-state index < -0.39 is 0 Å². The lowest BCUT2D eigenvalue weighted by Crippen LogP contribution is -1.89. The van der Waals surface area contributed by atoms with Crippen molar-refractivity contribution < 1.29 is 4.74 Å². The normalized spacial score (nSPS) is 10.1. The summed E-state index contributed by atoms with van der Waals surface area (Å²) in [6.07, 6.45) is 0.